The second-order valence-electron chi connectivity index (χ2n) is 4.84. The van der Waals surface area contributed by atoms with Crippen molar-refractivity contribution < 1.29 is 9.66 Å². The van der Waals surface area contributed by atoms with E-state index < -0.39 is 4.92 Å². The van der Waals surface area contributed by atoms with Crippen molar-refractivity contribution in [3.8, 4) is 5.75 Å². The average molecular weight is 265 g/mol. The van der Waals surface area contributed by atoms with E-state index >= 15 is 0 Å². The minimum absolute atomic E-state index is 0.0175. The highest BCUT2D eigenvalue weighted by molar-refractivity contribution is 5.68. The number of para-hydroxylation sites is 1. The zero-order valence-electron chi connectivity index (χ0n) is 11.3. The molecule has 1 saturated heterocycles. The first-order chi connectivity index (χ1) is 9.11. The molecule has 2 rings (SSSR count). The molecule has 6 heteroatoms. The standard InChI is InChI=1S/C13H19N3O3/c1-15-8-6-10(7-9-15)14-11-4-3-5-12(19-2)13(11)16(17)18/h3-5,10,14H,6-9H2,1-2H3. The van der Waals surface area contributed by atoms with Crippen LogP contribution in [0.1, 0.15) is 12.8 Å². The van der Waals surface area contributed by atoms with Crippen molar-refractivity contribution in [2.45, 2.75) is 18.9 Å². The highest BCUT2D eigenvalue weighted by Crippen LogP contribution is 2.35. The Hall–Kier alpha value is -1.82. The van der Waals surface area contributed by atoms with Crippen LogP contribution in [0.3, 0.4) is 0 Å². The lowest BCUT2D eigenvalue weighted by Gasteiger charge is -2.30. The van der Waals surface area contributed by atoms with Gasteiger partial charge in [-0.15, -0.1) is 0 Å². The van der Waals surface area contributed by atoms with E-state index in [1.807, 2.05) is 0 Å². The van der Waals surface area contributed by atoms with E-state index in [2.05, 4.69) is 17.3 Å². The molecular weight excluding hydrogens is 246 g/mol. The molecule has 0 spiro atoms. The van der Waals surface area contributed by atoms with Crippen molar-refractivity contribution in [1.82, 2.24) is 4.90 Å². The van der Waals surface area contributed by atoms with E-state index in [1.165, 1.54) is 7.11 Å². The molecule has 0 radical (unpaired) electrons. The number of nitrogens with one attached hydrogen (secondary N) is 1. The monoisotopic (exact) mass is 265 g/mol. The van der Waals surface area contributed by atoms with E-state index in [1.54, 1.807) is 18.2 Å². The molecule has 1 heterocycles. The molecular formula is C13H19N3O3. The van der Waals surface area contributed by atoms with Crippen LogP contribution in [0.15, 0.2) is 18.2 Å². The molecule has 1 fully saturated rings. The van der Waals surface area contributed by atoms with Crippen molar-refractivity contribution in [2.75, 3.05) is 32.6 Å². The normalized spacial score (nSPS) is 17.2. The molecule has 1 aromatic carbocycles. The van der Waals surface area contributed by atoms with Crippen LogP contribution in [-0.4, -0.2) is 43.1 Å². The minimum atomic E-state index is -0.393. The van der Waals surface area contributed by atoms with Crippen molar-refractivity contribution in [1.29, 1.82) is 0 Å². The predicted octanol–water partition coefficient (Wildman–Crippen LogP) is 2.11. The van der Waals surface area contributed by atoms with Gasteiger partial charge >= 0.3 is 5.69 Å². The Morgan fingerprint density at radius 2 is 2.11 bits per heavy atom. The third-order valence-corrected chi connectivity index (χ3v) is 3.48. The Morgan fingerprint density at radius 3 is 2.68 bits per heavy atom. The zero-order chi connectivity index (χ0) is 13.8. The van der Waals surface area contributed by atoms with Gasteiger partial charge in [-0.1, -0.05) is 6.07 Å². The number of piperidine rings is 1. The van der Waals surface area contributed by atoms with Gasteiger partial charge in [-0.25, -0.2) is 0 Å². The summed E-state index contributed by atoms with van der Waals surface area (Å²) in [5.41, 5.74) is 0.558. The first-order valence-electron chi connectivity index (χ1n) is 6.38. The first kappa shape index (κ1) is 13.6. The third kappa shape index (κ3) is 3.14. The predicted molar refractivity (Wildman–Crippen MR) is 73.8 cm³/mol. The second-order valence-corrected chi connectivity index (χ2v) is 4.84. The van der Waals surface area contributed by atoms with Crippen LogP contribution in [0.4, 0.5) is 11.4 Å². The maximum Gasteiger partial charge on any atom is 0.333 e. The van der Waals surface area contributed by atoms with Crippen LogP contribution in [0, 0.1) is 10.1 Å². The molecule has 1 N–H and O–H groups in total. The van der Waals surface area contributed by atoms with Crippen LogP contribution in [0.2, 0.25) is 0 Å². The lowest BCUT2D eigenvalue weighted by atomic mass is 10.0. The summed E-state index contributed by atoms with van der Waals surface area (Å²) >= 11 is 0. The van der Waals surface area contributed by atoms with Crippen LogP contribution in [0.5, 0.6) is 5.75 Å². The number of benzene rings is 1. The van der Waals surface area contributed by atoms with Crippen molar-refractivity contribution in [3.63, 3.8) is 0 Å². The van der Waals surface area contributed by atoms with E-state index in [-0.39, 0.29) is 11.7 Å². The number of hydrogen-bond donors (Lipinski definition) is 1. The largest absolute Gasteiger partial charge is 0.490 e. The molecule has 19 heavy (non-hydrogen) atoms. The smallest absolute Gasteiger partial charge is 0.333 e. The van der Waals surface area contributed by atoms with Gasteiger partial charge in [0.2, 0.25) is 0 Å². The molecule has 0 bridgehead atoms. The highest BCUT2D eigenvalue weighted by atomic mass is 16.6. The number of ether oxygens (including phenoxy) is 1. The average Bonchev–Trinajstić information content (AvgIpc) is 2.40. The fraction of sp³-hybridized carbons (Fsp3) is 0.538. The molecule has 1 aromatic rings. The zero-order valence-corrected chi connectivity index (χ0v) is 11.3. The topological polar surface area (TPSA) is 67.6 Å². The van der Waals surface area contributed by atoms with Gasteiger partial charge in [-0.3, -0.25) is 10.1 Å². The van der Waals surface area contributed by atoms with Crippen molar-refractivity contribution in [2.24, 2.45) is 0 Å². The molecule has 0 aromatic heterocycles. The molecule has 104 valence electrons. The van der Waals surface area contributed by atoms with Gasteiger partial charge in [0.25, 0.3) is 0 Å². The van der Waals surface area contributed by atoms with E-state index in [0.717, 1.165) is 25.9 Å². The lowest BCUT2D eigenvalue weighted by Crippen LogP contribution is -2.36. The number of rotatable bonds is 4. The number of likely N-dealkylation sites (tertiary alicyclic amines) is 1. The van der Waals surface area contributed by atoms with E-state index in [9.17, 15) is 10.1 Å². The maximum absolute atomic E-state index is 11.2. The van der Waals surface area contributed by atoms with E-state index in [0.29, 0.717) is 11.4 Å². The van der Waals surface area contributed by atoms with Crippen molar-refractivity contribution in [3.05, 3.63) is 28.3 Å². The Morgan fingerprint density at radius 1 is 1.42 bits per heavy atom. The maximum atomic E-state index is 11.2. The summed E-state index contributed by atoms with van der Waals surface area (Å²) in [6.45, 7) is 2.02. The molecule has 0 aliphatic carbocycles. The second kappa shape index (κ2) is 5.88. The molecule has 0 saturated carbocycles. The number of nitro groups is 1. The molecule has 0 atom stereocenters. The Kier molecular flexibility index (Phi) is 4.21. The third-order valence-electron chi connectivity index (χ3n) is 3.48. The summed E-state index contributed by atoms with van der Waals surface area (Å²) in [5.74, 6) is 0.294. The summed E-state index contributed by atoms with van der Waals surface area (Å²) in [6, 6.07) is 5.39. The van der Waals surface area contributed by atoms with Gasteiger partial charge in [0.05, 0.1) is 12.0 Å². The Balaban J connectivity index is 2.17. The summed E-state index contributed by atoms with van der Waals surface area (Å²) in [6.07, 6.45) is 1.98. The van der Waals surface area contributed by atoms with Gasteiger partial charge in [-0.05, 0) is 45.1 Å². The van der Waals surface area contributed by atoms with Gasteiger partial charge in [0.15, 0.2) is 5.75 Å². The van der Waals surface area contributed by atoms with Gasteiger partial charge < -0.3 is 15.0 Å². The lowest BCUT2D eigenvalue weighted by molar-refractivity contribution is -0.384. The van der Waals surface area contributed by atoms with Crippen molar-refractivity contribution >= 4 is 11.4 Å². The molecule has 1 aliphatic rings. The number of nitrogens with zero attached hydrogens (tertiary/aromatic N) is 2. The van der Waals surface area contributed by atoms with Gasteiger partial charge in [0, 0.05) is 6.04 Å². The van der Waals surface area contributed by atoms with Crippen LogP contribution >= 0.6 is 0 Å². The van der Waals surface area contributed by atoms with E-state index in [4.69, 9.17) is 4.74 Å². The van der Waals surface area contributed by atoms with Crippen LogP contribution in [-0.2, 0) is 0 Å². The van der Waals surface area contributed by atoms with Gasteiger partial charge in [-0.2, -0.15) is 0 Å². The first-order valence-corrected chi connectivity index (χ1v) is 6.38. The Bertz CT molecular complexity index is 456. The number of nitro benzene ring substituents is 1. The highest BCUT2D eigenvalue weighted by Gasteiger charge is 2.24. The quantitative estimate of drug-likeness (QED) is 0.667. The number of hydrogen-bond acceptors (Lipinski definition) is 5. The van der Waals surface area contributed by atoms with Crippen LogP contribution < -0.4 is 10.1 Å². The summed E-state index contributed by atoms with van der Waals surface area (Å²) in [5, 5.41) is 14.5. The Labute approximate surface area is 112 Å². The molecule has 6 nitrogen and oxygen atoms in total. The summed E-state index contributed by atoms with van der Waals surface area (Å²) in [7, 11) is 3.53. The number of methoxy groups -OCH3 is 1. The summed E-state index contributed by atoms with van der Waals surface area (Å²) in [4.78, 5) is 13.0. The minimum Gasteiger partial charge on any atom is -0.490 e. The fourth-order valence-electron chi connectivity index (χ4n) is 2.36. The van der Waals surface area contributed by atoms with Gasteiger partial charge in [0.1, 0.15) is 5.69 Å². The molecule has 0 amide bonds. The van der Waals surface area contributed by atoms with Crippen LogP contribution in [0.25, 0.3) is 0 Å². The SMILES string of the molecule is COc1cccc(NC2CCN(C)CC2)c1[N+](=O)[O-]. The molecule has 1 aliphatic heterocycles. The number of anilines is 1. The fourth-order valence-corrected chi connectivity index (χ4v) is 2.36. The summed E-state index contributed by atoms with van der Waals surface area (Å²) < 4.78 is 5.06. The molecule has 0 unspecified atom stereocenters.